The minimum absolute atomic E-state index is 0.144. The summed E-state index contributed by atoms with van der Waals surface area (Å²) in [6.45, 7) is 9.31. The van der Waals surface area contributed by atoms with E-state index in [4.69, 9.17) is 4.74 Å². The van der Waals surface area contributed by atoms with E-state index in [1.54, 1.807) is 7.11 Å². The van der Waals surface area contributed by atoms with E-state index in [1.165, 1.54) is 0 Å². The summed E-state index contributed by atoms with van der Waals surface area (Å²) in [5.41, 5.74) is -0.518. The maximum atomic E-state index is 12.5. The second-order valence-corrected chi connectivity index (χ2v) is 4.84. The van der Waals surface area contributed by atoms with Crippen LogP contribution in [0.5, 0.6) is 0 Å². The molecule has 102 valence electrons. The molecule has 0 unspecified atom stereocenters. The number of nitrogens with one attached hydrogen (secondary N) is 1. The van der Waals surface area contributed by atoms with Gasteiger partial charge in [0, 0.05) is 19.7 Å². The van der Waals surface area contributed by atoms with Crippen molar-refractivity contribution in [2.24, 2.45) is 0 Å². The summed E-state index contributed by atoms with van der Waals surface area (Å²) in [5, 5.41) is 3.07. The summed E-state index contributed by atoms with van der Waals surface area (Å²) in [7, 11) is 3.48. The van der Waals surface area contributed by atoms with Crippen LogP contribution in [-0.4, -0.2) is 49.7 Å². The Morgan fingerprint density at radius 1 is 1.35 bits per heavy atom. The second kappa shape index (κ2) is 7.67. The van der Waals surface area contributed by atoms with Crippen LogP contribution in [0, 0.1) is 0 Å². The first-order chi connectivity index (χ1) is 7.94. The summed E-state index contributed by atoms with van der Waals surface area (Å²) < 4.78 is 5.09. The summed E-state index contributed by atoms with van der Waals surface area (Å²) in [4.78, 5) is 14.4. The molecular weight excluding hydrogens is 216 g/mol. The fourth-order valence-corrected chi connectivity index (χ4v) is 1.83. The van der Waals surface area contributed by atoms with Gasteiger partial charge in [-0.05, 0) is 33.7 Å². The molecule has 0 aliphatic carbocycles. The zero-order chi connectivity index (χ0) is 13.5. The molecule has 0 aromatic heterocycles. The van der Waals surface area contributed by atoms with E-state index in [2.05, 4.69) is 19.2 Å². The summed E-state index contributed by atoms with van der Waals surface area (Å²) in [6.07, 6.45) is 1.96. The third-order valence-corrected chi connectivity index (χ3v) is 3.34. The van der Waals surface area contributed by atoms with Gasteiger partial charge >= 0.3 is 0 Å². The largest absolute Gasteiger partial charge is 0.383 e. The third-order valence-electron chi connectivity index (χ3n) is 3.34. The molecule has 0 atom stereocenters. The molecule has 0 heterocycles. The number of methoxy groups -OCH3 is 1. The van der Waals surface area contributed by atoms with Crippen molar-refractivity contribution in [1.82, 2.24) is 10.2 Å². The van der Waals surface area contributed by atoms with Crippen molar-refractivity contribution in [3.8, 4) is 0 Å². The number of ether oxygens (including phenoxy) is 1. The van der Waals surface area contributed by atoms with Crippen LogP contribution in [0.25, 0.3) is 0 Å². The lowest BCUT2D eigenvalue weighted by molar-refractivity contribution is -0.140. The highest BCUT2D eigenvalue weighted by atomic mass is 16.5. The van der Waals surface area contributed by atoms with Crippen molar-refractivity contribution in [3.63, 3.8) is 0 Å². The van der Waals surface area contributed by atoms with Crippen LogP contribution in [0.15, 0.2) is 0 Å². The quantitative estimate of drug-likeness (QED) is 0.706. The molecule has 0 fully saturated rings. The predicted molar refractivity (Wildman–Crippen MR) is 71.1 cm³/mol. The molecule has 0 aromatic rings. The number of hydrogen-bond donors (Lipinski definition) is 1. The molecule has 0 rings (SSSR count). The van der Waals surface area contributed by atoms with Gasteiger partial charge in [0.2, 0.25) is 5.91 Å². The molecule has 1 N–H and O–H groups in total. The molecule has 0 spiro atoms. The van der Waals surface area contributed by atoms with E-state index in [0.29, 0.717) is 19.2 Å². The Labute approximate surface area is 106 Å². The third kappa shape index (κ3) is 4.64. The molecular formula is C13H28N2O2. The van der Waals surface area contributed by atoms with Gasteiger partial charge in [0.25, 0.3) is 0 Å². The number of carbonyl (C=O) groups excluding carboxylic acids is 1. The van der Waals surface area contributed by atoms with Crippen LogP contribution in [-0.2, 0) is 9.53 Å². The molecule has 4 nitrogen and oxygen atoms in total. The monoisotopic (exact) mass is 244 g/mol. The van der Waals surface area contributed by atoms with E-state index in [-0.39, 0.29) is 5.91 Å². The maximum Gasteiger partial charge on any atom is 0.242 e. The van der Waals surface area contributed by atoms with Crippen molar-refractivity contribution in [1.29, 1.82) is 0 Å². The summed E-state index contributed by atoms with van der Waals surface area (Å²) in [5.74, 6) is 0.144. The molecule has 0 radical (unpaired) electrons. The van der Waals surface area contributed by atoms with Gasteiger partial charge in [-0.25, -0.2) is 0 Å². The Kier molecular flexibility index (Phi) is 7.39. The fourth-order valence-electron chi connectivity index (χ4n) is 1.83. The summed E-state index contributed by atoms with van der Waals surface area (Å²) in [6, 6.07) is 0.297. The molecule has 0 saturated heterocycles. The maximum absolute atomic E-state index is 12.5. The first-order valence-corrected chi connectivity index (χ1v) is 6.43. The van der Waals surface area contributed by atoms with Gasteiger partial charge < -0.3 is 15.0 Å². The van der Waals surface area contributed by atoms with Crippen molar-refractivity contribution in [2.75, 3.05) is 27.3 Å². The lowest BCUT2D eigenvalue weighted by atomic mass is 10.0. The lowest BCUT2D eigenvalue weighted by Gasteiger charge is -2.36. The number of carbonyl (C=O) groups is 1. The van der Waals surface area contributed by atoms with Crippen LogP contribution in [0.3, 0.4) is 0 Å². The van der Waals surface area contributed by atoms with Gasteiger partial charge in [-0.15, -0.1) is 0 Å². The molecule has 0 bridgehead atoms. The first kappa shape index (κ1) is 16.4. The van der Waals surface area contributed by atoms with Crippen molar-refractivity contribution in [3.05, 3.63) is 0 Å². The van der Waals surface area contributed by atoms with Gasteiger partial charge in [-0.3, -0.25) is 4.79 Å². The highest BCUT2D eigenvalue weighted by Gasteiger charge is 2.32. The van der Waals surface area contributed by atoms with Crippen LogP contribution < -0.4 is 5.32 Å². The average Bonchev–Trinajstić information content (AvgIpc) is 2.33. The van der Waals surface area contributed by atoms with E-state index in [9.17, 15) is 4.79 Å². The zero-order valence-electron chi connectivity index (χ0n) is 12.2. The topological polar surface area (TPSA) is 41.6 Å². The molecule has 17 heavy (non-hydrogen) atoms. The Bertz CT molecular complexity index is 225. The predicted octanol–water partition coefficient (Wildman–Crippen LogP) is 1.65. The normalized spacial score (nSPS) is 11.9. The van der Waals surface area contributed by atoms with Gasteiger partial charge in [0.15, 0.2) is 0 Å². The number of likely N-dealkylation sites (N-methyl/N-ethyl adjacent to an activating group) is 1. The van der Waals surface area contributed by atoms with E-state index in [1.807, 2.05) is 25.8 Å². The van der Waals surface area contributed by atoms with Gasteiger partial charge in [-0.1, -0.05) is 13.8 Å². The Morgan fingerprint density at radius 3 is 2.24 bits per heavy atom. The van der Waals surface area contributed by atoms with Crippen LogP contribution in [0.1, 0.15) is 40.5 Å². The number of rotatable bonds is 8. The Hall–Kier alpha value is -0.610. The van der Waals surface area contributed by atoms with E-state index in [0.717, 1.165) is 12.8 Å². The second-order valence-electron chi connectivity index (χ2n) is 4.84. The van der Waals surface area contributed by atoms with Crippen LogP contribution >= 0.6 is 0 Å². The van der Waals surface area contributed by atoms with Crippen molar-refractivity contribution >= 4 is 5.91 Å². The van der Waals surface area contributed by atoms with E-state index < -0.39 is 5.54 Å². The Morgan fingerprint density at radius 2 is 1.88 bits per heavy atom. The van der Waals surface area contributed by atoms with Gasteiger partial charge in [-0.2, -0.15) is 0 Å². The SMILES string of the molecule is CCC(CC)N(CCOC)C(=O)C(C)(C)NC. The van der Waals surface area contributed by atoms with Gasteiger partial charge in [0.1, 0.15) is 0 Å². The zero-order valence-corrected chi connectivity index (χ0v) is 12.2. The first-order valence-electron chi connectivity index (χ1n) is 6.43. The van der Waals surface area contributed by atoms with Crippen molar-refractivity contribution in [2.45, 2.75) is 52.1 Å². The van der Waals surface area contributed by atoms with E-state index >= 15 is 0 Å². The smallest absolute Gasteiger partial charge is 0.242 e. The minimum Gasteiger partial charge on any atom is -0.383 e. The fraction of sp³-hybridized carbons (Fsp3) is 0.923. The molecule has 0 aliphatic rings. The van der Waals surface area contributed by atoms with Crippen LogP contribution in [0.2, 0.25) is 0 Å². The average molecular weight is 244 g/mol. The minimum atomic E-state index is -0.518. The standard InChI is InChI=1S/C13H28N2O2/c1-7-11(8-2)15(9-10-17-6)12(16)13(3,4)14-5/h11,14H,7-10H2,1-6H3. The lowest BCUT2D eigenvalue weighted by Crippen LogP contribution is -2.56. The molecule has 0 aromatic carbocycles. The molecule has 0 aliphatic heterocycles. The summed E-state index contributed by atoms with van der Waals surface area (Å²) >= 11 is 0. The molecule has 4 heteroatoms. The number of nitrogens with zero attached hydrogens (tertiary/aromatic N) is 1. The van der Waals surface area contributed by atoms with Crippen LogP contribution in [0.4, 0.5) is 0 Å². The Balaban J connectivity index is 4.83. The highest BCUT2D eigenvalue weighted by Crippen LogP contribution is 2.15. The number of hydrogen-bond acceptors (Lipinski definition) is 3. The molecule has 0 saturated carbocycles. The van der Waals surface area contributed by atoms with Crippen molar-refractivity contribution < 1.29 is 9.53 Å². The van der Waals surface area contributed by atoms with Gasteiger partial charge in [0.05, 0.1) is 12.1 Å². The number of amides is 1. The molecule has 1 amide bonds. The highest BCUT2D eigenvalue weighted by molar-refractivity contribution is 5.85.